The standard InChI is InChI=1S/C34H36F3N7O3/c1-43(26-8-9-26)16-3-5-30(46)44-17-2-4-24(21-44)40-33-31-29(13-15-39-32(31)41-42-33)47-28-10-6-22(7-11-28)18-27(45)20-25-19-23(12-14-38-25)34(35,36)37/h3,5-7,10-15,19,24,26H,2,4,8-9,16-18,20-21H2,1H3,(H2,39,40,41,42)/b5-3+/t24-/m1/s1. The van der Waals surface area contributed by atoms with Crippen LogP contribution in [0.2, 0.25) is 0 Å². The molecule has 1 aliphatic heterocycles. The first-order valence-corrected chi connectivity index (χ1v) is 15.7. The number of carbonyl (C=O) groups excluding carboxylic acids is 2. The monoisotopic (exact) mass is 647 g/mol. The summed E-state index contributed by atoms with van der Waals surface area (Å²) in [7, 11) is 2.08. The topological polar surface area (TPSA) is 116 Å². The molecule has 10 nitrogen and oxygen atoms in total. The number of nitrogens with one attached hydrogen (secondary N) is 2. The number of likely N-dealkylation sites (N-methyl/N-ethyl adjacent to an activating group) is 1. The largest absolute Gasteiger partial charge is 0.456 e. The highest BCUT2D eigenvalue weighted by molar-refractivity contribution is 5.93. The fraction of sp³-hybridized carbons (Fsp3) is 0.382. The highest BCUT2D eigenvalue weighted by Crippen LogP contribution is 2.34. The second kappa shape index (κ2) is 13.9. The summed E-state index contributed by atoms with van der Waals surface area (Å²) in [5.74, 6) is 1.38. The second-order valence-electron chi connectivity index (χ2n) is 12.1. The van der Waals surface area contributed by atoms with Crippen LogP contribution in [0.25, 0.3) is 11.0 Å². The summed E-state index contributed by atoms with van der Waals surface area (Å²) < 4.78 is 45.2. The third-order valence-corrected chi connectivity index (χ3v) is 8.40. The number of fused-ring (bicyclic) bond motifs is 1. The van der Waals surface area contributed by atoms with Crippen molar-refractivity contribution in [2.45, 2.75) is 56.8 Å². The Hall–Kier alpha value is -4.78. The van der Waals surface area contributed by atoms with Crippen LogP contribution in [0.4, 0.5) is 19.0 Å². The van der Waals surface area contributed by atoms with E-state index in [1.54, 1.807) is 42.6 Å². The molecule has 47 heavy (non-hydrogen) atoms. The van der Waals surface area contributed by atoms with Gasteiger partial charge in [-0.25, -0.2) is 4.98 Å². The number of amides is 1. The highest BCUT2D eigenvalue weighted by Gasteiger charge is 2.31. The summed E-state index contributed by atoms with van der Waals surface area (Å²) in [5, 5.41) is 11.5. The normalized spacial score (nSPS) is 17.0. The number of halogens is 3. The van der Waals surface area contributed by atoms with Crippen molar-refractivity contribution in [3.05, 3.63) is 83.8 Å². The number of ether oxygens (including phenoxy) is 1. The molecule has 13 heteroatoms. The van der Waals surface area contributed by atoms with Crippen molar-refractivity contribution in [3.63, 3.8) is 0 Å². The highest BCUT2D eigenvalue weighted by atomic mass is 19.4. The molecule has 3 aromatic heterocycles. The number of alkyl halides is 3. The molecule has 4 aromatic rings. The molecule has 4 heterocycles. The zero-order valence-corrected chi connectivity index (χ0v) is 26.0. The lowest BCUT2D eigenvalue weighted by molar-refractivity contribution is -0.137. The average molecular weight is 648 g/mol. The van der Waals surface area contributed by atoms with Gasteiger partial charge in [-0.1, -0.05) is 18.2 Å². The first-order chi connectivity index (χ1) is 22.6. The number of anilines is 1. The Morgan fingerprint density at radius 3 is 2.64 bits per heavy atom. The predicted octanol–water partition coefficient (Wildman–Crippen LogP) is 5.57. The molecule has 2 aliphatic rings. The number of nitrogens with zero attached hydrogens (tertiary/aromatic N) is 5. The molecule has 0 unspecified atom stereocenters. The van der Waals surface area contributed by atoms with Gasteiger partial charge in [0.1, 0.15) is 22.7 Å². The lowest BCUT2D eigenvalue weighted by Gasteiger charge is -2.32. The zero-order chi connectivity index (χ0) is 33.0. The smallest absolute Gasteiger partial charge is 0.416 e. The molecule has 0 radical (unpaired) electrons. The number of carbonyl (C=O) groups is 2. The van der Waals surface area contributed by atoms with E-state index in [1.165, 1.54) is 12.8 Å². The van der Waals surface area contributed by atoms with Crippen LogP contribution < -0.4 is 10.1 Å². The minimum atomic E-state index is -4.49. The first-order valence-electron chi connectivity index (χ1n) is 15.7. The van der Waals surface area contributed by atoms with Crippen LogP contribution in [0.15, 0.2) is 67.0 Å². The number of H-pyrrole nitrogens is 1. The third kappa shape index (κ3) is 8.33. The molecular formula is C34H36F3N7O3. The van der Waals surface area contributed by atoms with Crippen LogP contribution >= 0.6 is 0 Å². The Morgan fingerprint density at radius 2 is 1.87 bits per heavy atom. The molecule has 1 saturated heterocycles. The molecule has 6 rings (SSSR count). The molecule has 2 fully saturated rings. The Kier molecular flexibility index (Phi) is 9.53. The zero-order valence-electron chi connectivity index (χ0n) is 26.0. The van der Waals surface area contributed by atoms with Gasteiger partial charge in [0.25, 0.3) is 0 Å². The summed E-state index contributed by atoms with van der Waals surface area (Å²) in [5.41, 5.74) is 0.486. The van der Waals surface area contributed by atoms with Crippen LogP contribution in [0.1, 0.15) is 42.5 Å². The van der Waals surface area contributed by atoms with Gasteiger partial charge in [0.05, 0.1) is 5.56 Å². The van der Waals surface area contributed by atoms with Crippen LogP contribution in [-0.4, -0.2) is 80.4 Å². The number of Topliss-reactive ketones (excluding diaryl/α,β-unsaturated/α-hetero) is 1. The van der Waals surface area contributed by atoms with E-state index in [0.717, 1.165) is 37.7 Å². The average Bonchev–Trinajstić information content (AvgIpc) is 3.83. The van der Waals surface area contributed by atoms with Gasteiger partial charge >= 0.3 is 6.18 Å². The van der Waals surface area contributed by atoms with Crippen molar-refractivity contribution < 1.29 is 27.5 Å². The van der Waals surface area contributed by atoms with Crippen molar-refractivity contribution in [2.75, 3.05) is 32.0 Å². The van der Waals surface area contributed by atoms with Gasteiger partial charge in [0.15, 0.2) is 11.5 Å². The summed E-state index contributed by atoms with van der Waals surface area (Å²) in [6.45, 7) is 2.03. The van der Waals surface area contributed by atoms with E-state index >= 15 is 0 Å². The third-order valence-electron chi connectivity index (χ3n) is 8.40. The molecule has 1 saturated carbocycles. The minimum Gasteiger partial charge on any atom is -0.456 e. The van der Waals surface area contributed by atoms with Crippen LogP contribution in [-0.2, 0) is 28.6 Å². The molecule has 2 N–H and O–H groups in total. The van der Waals surface area contributed by atoms with Gasteiger partial charge in [-0.3, -0.25) is 24.6 Å². The van der Waals surface area contributed by atoms with Gasteiger partial charge in [-0.2, -0.15) is 18.3 Å². The Balaban J connectivity index is 1.06. The maximum Gasteiger partial charge on any atom is 0.416 e. The number of ketones is 1. The second-order valence-corrected chi connectivity index (χ2v) is 12.1. The summed E-state index contributed by atoms with van der Waals surface area (Å²) in [6, 6.07) is 11.1. The molecule has 1 amide bonds. The van der Waals surface area contributed by atoms with Gasteiger partial charge < -0.3 is 15.0 Å². The first kappa shape index (κ1) is 32.2. The van der Waals surface area contributed by atoms with E-state index in [0.29, 0.717) is 53.0 Å². The Bertz CT molecular complexity index is 1750. The van der Waals surface area contributed by atoms with Crippen molar-refractivity contribution in [2.24, 2.45) is 0 Å². The number of benzene rings is 1. The number of rotatable bonds is 12. The van der Waals surface area contributed by atoms with E-state index in [2.05, 4.69) is 37.4 Å². The van der Waals surface area contributed by atoms with Crippen LogP contribution in [0, 0.1) is 0 Å². The SMILES string of the molecule is CN(C/C=C/C(=O)N1CCC[C@@H](Nc2n[nH]c3nccc(Oc4ccc(CC(=O)Cc5cc(C(F)(F)F)ccn5)cc4)c23)C1)C1CC1. The van der Waals surface area contributed by atoms with Gasteiger partial charge in [-0.05, 0) is 62.6 Å². The van der Waals surface area contributed by atoms with Crippen molar-refractivity contribution in [3.8, 4) is 11.5 Å². The molecule has 1 aromatic carbocycles. The molecule has 1 aliphatic carbocycles. The molecule has 1 atom stereocenters. The van der Waals surface area contributed by atoms with Gasteiger partial charge in [-0.15, -0.1) is 0 Å². The van der Waals surface area contributed by atoms with E-state index in [-0.39, 0.29) is 36.3 Å². The number of hydrogen-bond acceptors (Lipinski definition) is 8. The number of aromatic amines is 1. The number of likely N-dealkylation sites (tertiary alicyclic amines) is 1. The Morgan fingerprint density at radius 1 is 1.09 bits per heavy atom. The maximum absolute atomic E-state index is 13.0. The summed E-state index contributed by atoms with van der Waals surface area (Å²) in [6.07, 6.45) is 5.85. The number of piperidine rings is 1. The van der Waals surface area contributed by atoms with E-state index in [1.807, 2.05) is 11.0 Å². The molecular weight excluding hydrogens is 611 g/mol. The van der Waals surface area contributed by atoms with Gasteiger partial charge in [0, 0.05) is 74.8 Å². The van der Waals surface area contributed by atoms with Crippen LogP contribution in [0.5, 0.6) is 11.5 Å². The predicted molar refractivity (Wildman–Crippen MR) is 170 cm³/mol. The van der Waals surface area contributed by atoms with Crippen molar-refractivity contribution in [1.29, 1.82) is 0 Å². The lowest BCUT2D eigenvalue weighted by Crippen LogP contribution is -2.44. The van der Waals surface area contributed by atoms with Crippen LogP contribution in [0.3, 0.4) is 0 Å². The van der Waals surface area contributed by atoms with E-state index in [4.69, 9.17) is 4.74 Å². The maximum atomic E-state index is 13.0. The minimum absolute atomic E-state index is 0.00208. The number of pyridine rings is 2. The number of hydrogen-bond donors (Lipinski definition) is 2. The fourth-order valence-corrected chi connectivity index (χ4v) is 5.74. The molecule has 0 spiro atoms. The number of aromatic nitrogens is 4. The quantitative estimate of drug-likeness (QED) is 0.192. The van der Waals surface area contributed by atoms with Crippen molar-refractivity contribution >= 4 is 28.5 Å². The summed E-state index contributed by atoms with van der Waals surface area (Å²) >= 11 is 0. The van der Waals surface area contributed by atoms with E-state index < -0.39 is 11.7 Å². The Labute approximate surface area is 270 Å². The van der Waals surface area contributed by atoms with Gasteiger partial charge in [0.2, 0.25) is 5.91 Å². The summed E-state index contributed by atoms with van der Waals surface area (Å²) in [4.78, 5) is 37.9. The molecule has 0 bridgehead atoms. The lowest BCUT2D eigenvalue weighted by atomic mass is 10.0. The fourth-order valence-electron chi connectivity index (χ4n) is 5.74. The molecule has 246 valence electrons. The van der Waals surface area contributed by atoms with Crippen molar-refractivity contribution in [1.82, 2.24) is 30.0 Å². The van der Waals surface area contributed by atoms with E-state index in [9.17, 15) is 22.8 Å².